The number of nitrogens with one attached hydrogen (secondary N) is 2. The summed E-state index contributed by atoms with van der Waals surface area (Å²) < 4.78 is 6.14. The van der Waals surface area contributed by atoms with Crippen molar-refractivity contribution in [3.05, 3.63) is 59.7 Å². The van der Waals surface area contributed by atoms with Crippen molar-refractivity contribution in [3.8, 4) is 5.75 Å². The van der Waals surface area contributed by atoms with E-state index in [4.69, 9.17) is 4.74 Å². The molecule has 28 heavy (non-hydrogen) atoms. The SMILES string of the molecule is COc1ccc2nc(NC(=O)C=Cc3ccc(C(=O)NC4CC4)cc3)sc2c1. The minimum Gasteiger partial charge on any atom is -0.497 e. The Morgan fingerprint density at radius 2 is 1.96 bits per heavy atom. The maximum atomic E-state index is 12.2. The van der Waals surface area contributed by atoms with Gasteiger partial charge < -0.3 is 10.1 Å². The van der Waals surface area contributed by atoms with E-state index in [0.29, 0.717) is 16.7 Å². The Kier molecular flexibility index (Phi) is 5.08. The maximum Gasteiger partial charge on any atom is 0.251 e. The smallest absolute Gasteiger partial charge is 0.251 e. The molecule has 0 radical (unpaired) electrons. The molecule has 4 rings (SSSR count). The van der Waals surface area contributed by atoms with Crippen molar-refractivity contribution in [2.45, 2.75) is 18.9 Å². The minimum atomic E-state index is -0.262. The van der Waals surface area contributed by atoms with Crippen LogP contribution in [0.5, 0.6) is 5.75 Å². The lowest BCUT2D eigenvalue weighted by atomic mass is 10.1. The highest BCUT2D eigenvalue weighted by molar-refractivity contribution is 7.22. The number of nitrogens with zero attached hydrogens (tertiary/aromatic N) is 1. The van der Waals surface area contributed by atoms with Gasteiger partial charge in [-0.2, -0.15) is 0 Å². The van der Waals surface area contributed by atoms with Gasteiger partial charge in [-0.3, -0.25) is 14.9 Å². The van der Waals surface area contributed by atoms with Crippen molar-refractivity contribution in [1.82, 2.24) is 10.3 Å². The van der Waals surface area contributed by atoms with Crippen LogP contribution in [0.3, 0.4) is 0 Å². The number of carbonyl (C=O) groups excluding carboxylic acids is 2. The van der Waals surface area contributed by atoms with Crippen LogP contribution in [-0.2, 0) is 4.79 Å². The molecule has 0 spiro atoms. The van der Waals surface area contributed by atoms with Gasteiger partial charge in [0.2, 0.25) is 5.91 Å². The molecule has 1 heterocycles. The van der Waals surface area contributed by atoms with E-state index in [0.717, 1.165) is 34.4 Å². The summed E-state index contributed by atoms with van der Waals surface area (Å²) in [4.78, 5) is 28.5. The van der Waals surface area contributed by atoms with Crippen LogP contribution < -0.4 is 15.4 Å². The predicted octanol–water partition coefficient (Wildman–Crippen LogP) is 3.85. The molecule has 6 nitrogen and oxygen atoms in total. The van der Waals surface area contributed by atoms with E-state index in [1.807, 2.05) is 30.3 Å². The highest BCUT2D eigenvalue weighted by atomic mass is 32.1. The van der Waals surface area contributed by atoms with E-state index in [1.165, 1.54) is 17.4 Å². The summed E-state index contributed by atoms with van der Waals surface area (Å²) in [5.74, 6) is 0.438. The quantitative estimate of drug-likeness (QED) is 0.624. The zero-order valence-electron chi connectivity index (χ0n) is 15.3. The zero-order valence-corrected chi connectivity index (χ0v) is 16.1. The molecular formula is C21H19N3O3S. The Balaban J connectivity index is 1.37. The van der Waals surface area contributed by atoms with Crippen molar-refractivity contribution in [2.75, 3.05) is 12.4 Å². The number of fused-ring (bicyclic) bond motifs is 1. The number of carbonyl (C=O) groups is 2. The Morgan fingerprint density at radius 3 is 2.68 bits per heavy atom. The lowest BCUT2D eigenvalue weighted by Crippen LogP contribution is -2.25. The maximum absolute atomic E-state index is 12.2. The Labute approximate surface area is 166 Å². The van der Waals surface area contributed by atoms with Gasteiger partial charge in [0.25, 0.3) is 5.91 Å². The summed E-state index contributed by atoms with van der Waals surface area (Å²) in [5.41, 5.74) is 2.27. The van der Waals surface area contributed by atoms with Gasteiger partial charge in [0.1, 0.15) is 5.75 Å². The van der Waals surface area contributed by atoms with Crippen LogP contribution in [0.1, 0.15) is 28.8 Å². The lowest BCUT2D eigenvalue weighted by molar-refractivity contribution is -0.111. The number of ether oxygens (including phenoxy) is 1. The second kappa shape index (κ2) is 7.82. The molecule has 7 heteroatoms. The monoisotopic (exact) mass is 393 g/mol. The first-order chi connectivity index (χ1) is 13.6. The first kappa shape index (κ1) is 18.2. The number of amides is 2. The fourth-order valence-corrected chi connectivity index (χ4v) is 3.54. The summed E-state index contributed by atoms with van der Waals surface area (Å²) >= 11 is 1.39. The molecule has 3 aromatic rings. The van der Waals surface area contributed by atoms with Crippen molar-refractivity contribution >= 4 is 44.6 Å². The van der Waals surface area contributed by atoms with E-state index in [9.17, 15) is 9.59 Å². The molecule has 1 aromatic heterocycles. The molecular weight excluding hydrogens is 374 g/mol. The fourth-order valence-electron chi connectivity index (χ4n) is 2.65. The molecule has 1 saturated carbocycles. The standard InChI is InChI=1S/C21H19N3O3S/c1-27-16-9-10-17-18(12-16)28-21(23-17)24-19(25)11-4-13-2-5-14(6-3-13)20(26)22-15-7-8-15/h2-6,9-12,15H,7-8H2,1H3,(H,22,26)(H,23,24,25). The van der Waals surface area contributed by atoms with Crippen molar-refractivity contribution in [3.63, 3.8) is 0 Å². The molecule has 1 aliphatic carbocycles. The van der Waals surface area contributed by atoms with Crippen LogP contribution in [0.25, 0.3) is 16.3 Å². The summed E-state index contributed by atoms with van der Waals surface area (Å²) in [5, 5.41) is 6.26. The number of thiazole rings is 1. The molecule has 0 aliphatic heterocycles. The normalized spacial score (nSPS) is 13.6. The second-order valence-corrected chi connectivity index (χ2v) is 7.58. The predicted molar refractivity (Wildman–Crippen MR) is 111 cm³/mol. The molecule has 2 N–H and O–H groups in total. The largest absolute Gasteiger partial charge is 0.497 e. The van der Waals surface area contributed by atoms with Crippen molar-refractivity contribution < 1.29 is 14.3 Å². The van der Waals surface area contributed by atoms with E-state index < -0.39 is 0 Å². The van der Waals surface area contributed by atoms with Gasteiger partial charge >= 0.3 is 0 Å². The van der Waals surface area contributed by atoms with E-state index in [2.05, 4.69) is 15.6 Å². The van der Waals surface area contributed by atoms with E-state index in [-0.39, 0.29) is 11.8 Å². The third-order valence-corrected chi connectivity index (χ3v) is 5.27. The van der Waals surface area contributed by atoms with Gasteiger partial charge in [0, 0.05) is 17.7 Å². The average molecular weight is 393 g/mol. The first-order valence-electron chi connectivity index (χ1n) is 8.95. The van der Waals surface area contributed by atoms with Gasteiger partial charge in [0.05, 0.1) is 17.3 Å². The van der Waals surface area contributed by atoms with Crippen LogP contribution >= 0.6 is 11.3 Å². The third-order valence-electron chi connectivity index (χ3n) is 4.34. The number of aromatic nitrogens is 1. The Hall–Kier alpha value is -3.19. The number of rotatable bonds is 6. The molecule has 0 atom stereocenters. The minimum absolute atomic E-state index is 0.0526. The van der Waals surface area contributed by atoms with Gasteiger partial charge in [0.15, 0.2) is 5.13 Å². The summed E-state index contributed by atoms with van der Waals surface area (Å²) in [6.07, 6.45) is 5.27. The summed E-state index contributed by atoms with van der Waals surface area (Å²) in [7, 11) is 1.61. The van der Waals surface area contributed by atoms with Gasteiger partial charge in [-0.05, 0) is 54.8 Å². The van der Waals surface area contributed by atoms with E-state index >= 15 is 0 Å². The Bertz CT molecular complexity index is 1050. The first-order valence-corrected chi connectivity index (χ1v) is 9.77. The van der Waals surface area contributed by atoms with Crippen LogP contribution in [0, 0.1) is 0 Å². The summed E-state index contributed by atoms with van der Waals surface area (Å²) in [6, 6.07) is 13.1. The van der Waals surface area contributed by atoms with Gasteiger partial charge in [-0.25, -0.2) is 4.98 Å². The van der Waals surface area contributed by atoms with Gasteiger partial charge in [-0.15, -0.1) is 0 Å². The number of methoxy groups -OCH3 is 1. The molecule has 142 valence electrons. The molecule has 0 bridgehead atoms. The number of hydrogen-bond acceptors (Lipinski definition) is 5. The van der Waals surface area contributed by atoms with Crippen molar-refractivity contribution in [2.24, 2.45) is 0 Å². The highest BCUT2D eigenvalue weighted by Gasteiger charge is 2.23. The lowest BCUT2D eigenvalue weighted by Gasteiger charge is -2.03. The molecule has 2 aromatic carbocycles. The highest BCUT2D eigenvalue weighted by Crippen LogP contribution is 2.29. The average Bonchev–Trinajstić information content (AvgIpc) is 3.43. The van der Waals surface area contributed by atoms with E-state index in [1.54, 1.807) is 25.3 Å². The molecule has 2 amide bonds. The van der Waals surface area contributed by atoms with Crippen molar-refractivity contribution in [1.29, 1.82) is 0 Å². The van der Waals surface area contributed by atoms with Gasteiger partial charge in [-0.1, -0.05) is 23.5 Å². The van der Waals surface area contributed by atoms with Crippen LogP contribution in [0.4, 0.5) is 5.13 Å². The molecule has 0 saturated heterocycles. The zero-order chi connectivity index (χ0) is 19.5. The molecule has 1 fully saturated rings. The van der Waals surface area contributed by atoms with Crippen LogP contribution in [0.2, 0.25) is 0 Å². The fraction of sp³-hybridized carbons (Fsp3) is 0.190. The summed E-state index contributed by atoms with van der Waals surface area (Å²) in [6.45, 7) is 0. The number of benzene rings is 2. The number of anilines is 1. The molecule has 0 unspecified atom stereocenters. The van der Waals surface area contributed by atoms with Crippen LogP contribution in [0.15, 0.2) is 48.5 Å². The number of hydrogen-bond donors (Lipinski definition) is 2. The third kappa shape index (κ3) is 4.37. The second-order valence-electron chi connectivity index (χ2n) is 6.55. The Morgan fingerprint density at radius 1 is 1.18 bits per heavy atom. The molecule has 1 aliphatic rings. The van der Waals surface area contributed by atoms with Crippen LogP contribution in [-0.4, -0.2) is 29.9 Å². The topological polar surface area (TPSA) is 80.3 Å².